The number of nitrogens with zero attached hydrogens (tertiary/aromatic N) is 1. The van der Waals surface area contributed by atoms with Crippen LogP contribution in [0.25, 0.3) is 0 Å². The first-order valence-electron chi connectivity index (χ1n) is 7.19. The highest BCUT2D eigenvalue weighted by Gasteiger charge is 2.08. The summed E-state index contributed by atoms with van der Waals surface area (Å²) in [6, 6.07) is 6.53. The molecule has 0 aliphatic carbocycles. The van der Waals surface area contributed by atoms with Gasteiger partial charge in [-0.05, 0) is 24.6 Å². The van der Waals surface area contributed by atoms with Gasteiger partial charge in [0.1, 0.15) is 11.6 Å². The van der Waals surface area contributed by atoms with E-state index in [1.54, 1.807) is 17.5 Å². The number of rotatable bonds is 8. The highest BCUT2D eigenvalue weighted by atomic mass is 32.1. The normalized spacial score (nSPS) is 10.9. The SMILES string of the molecule is CCOc1cc(CNC(C)C)ccc1OCc1nccs1. The van der Waals surface area contributed by atoms with Gasteiger partial charge < -0.3 is 14.8 Å². The third-order valence-electron chi connectivity index (χ3n) is 2.86. The minimum absolute atomic E-state index is 0.460. The van der Waals surface area contributed by atoms with Crippen molar-refractivity contribution in [1.82, 2.24) is 10.3 Å². The quantitative estimate of drug-likeness (QED) is 0.809. The molecule has 0 radical (unpaired) electrons. The van der Waals surface area contributed by atoms with Gasteiger partial charge in [-0.2, -0.15) is 0 Å². The van der Waals surface area contributed by atoms with Crippen molar-refractivity contribution in [3.05, 3.63) is 40.3 Å². The first kappa shape index (κ1) is 15.8. The Labute approximate surface area is 130 Å². The average molecular weight is 306 g/mol. The van der Waals surface area contributed by atoms with E-state index in [1.165, 1.54) is 5.56 Å². The number of aromatic nitrogens is 1. The second kappa shape index (κ2) is 8.00. The Kier molecular flexibility index (Phi) is 6.02. The van der Waals surface area contributed by atoms with Gasteiger partial charge >= 0.3 is 0 Å². The molecule has 1 heterocycles. The van der Waals surface area contributed by atoms with Gasteiger partial charge in [-0.25, -0.2) is 4.98 Å². The summed E-state index contributed by atoms with van der Waals surface area (Å²) in [7, 11) is 0. The molecule has 1 aromatic carbocycles. The van der Waals surface area contributed by atoms with Crippen molar-refractivity contribution in [2.24, 2.45) is 0 Å². The summed E-state index contributed by atoms with van der Waals surface area (Å²) < 4.78 is 11.5. The summed E-state index contributed by atoms with van der Waals surface area (Å²) in [6.07, 6.45) is 1.79. The van der Waals surface area contributed by atoms with Crippen molar-refractivity contribution in [3.63, 3.8) is 0 Å². The number of nitrogens with one attached hydrogen (secondary N) is 1. The number of hydrogen-bond donors (Lipinski definition) is 1. The van der Waals surface area contributed by atoms with Crippen LogP contribution in [0.3, 0.4) is 0 Å². The highest BCUT2D eigenvalue weighted by Crippen LogP contribution is 2.29. The van der Waals surface area contributed by atoms with Gasteiger partial charge in [-0.1, -0.05) is 19.9 Å². The molecular formula is C16H22N2O2S. The van der Waals surface area contributed by atoms with Crippen LogP contribution in [0.2, 0.25) is 0 Å². The van der Waals surface area contributed by atoms with Crippen LogP contribution in [0.15, 0.2) is 29.8 Å². The maximum absolute atomic E-state index is 5.82. The Morgan fingerprint density at radius 3 is 2.76 bits per heavy atom. The van der Waals surface area contributed by atoms with E-state index in [0.717, 1.165) is 23.1 Å². The van der Waals surface area contributed by atoms with Crippen LogP contribution in [-0.4, -0.2) is 17.6 Å². The predicted molar refractivity (Wildman–Crippen MR) is 86.0 cm³/mol. The van der Waals surface area contributed by atoms with Crippen LogP contribution in [0.5, 0.6) is 11.5 Å². The zero-order valence-corrected chi connectivity index (χ0v) is 13.6. The van der Waals surface area contributed by atoms with E-state index in [0.29, 0.717) is 19.3 Å². The Hall–Kier alpha value is -1.59. The van der Waals surface area contributed by atoms with Gasteiger partial charge in [0.2, 0.25) is 0 Å². The van der Waals surface area contributed by atoms with E-state index in [2.05, 4.69) is 30.2 Å². The lowest BCUT2D eigenvalue weighted by molar-refractivity contribution is 0.268. The van der Waals surface area contributed by atoms with E-state index >= 15 is 0 Å². The largest absolute Gasteiger partial charge is 0.490 e. The van der Waals surface area contributed by atoms with Crippen LogP contribution < -0.4 is 14.8 Å². The number of thiazole rings is 1. The van der Waals surface area contributed by atoms with Crippen molar-refractivity contribution in [2.75, 3.05) is 6.61 Å². The summed E-state index contributed by atoms with van der Waals surface area (Å²) in [6.45, 7) is 8.16. The molecular weight excluding hydrogens is 284 g/mol. The van der Waals surface area contributed by atoms with Gasteiger partial charge in [0, 0.05) is 24.2 Å². The predicted octanol–water partition coefficient (Wildman–Crippen LogP) is 3.62. The molecule has 0 amide bonds. The summed E-state index contributed by atoms with van der Waals surface area (Å²) in [5.74, 6) is 1.55. The molecule has 4 nitrogen and oxygen atoms in total. The van der Waals surface area contributed by atoms with E-state index < -0.39 is 0 Å². The molecule has 5 heteroatoms. The molecule has 2 rings (SSSR count). The Morgan fingerprint density at radius 1 is 1.24 bits per heavy atom. The maximum Gasteiger partial charge on any atom is 0.161 e. The van der Waals surface area contributed by atoms with Crippen LogP contribution in [0, 0.1) is 0 Å². The lowest BCUT2D eigenvalue weighted by Gasteiger charge is -2.14. The number of ether oxygens (including phenoxy) is 2. The molecule has 2 aromatic rings. The van der Waals surface area contributed by atoms with Crippen molar-refractivity contribution in [3.8, 4) is 11.5 Å². The van der Waals surface area contributed by atoms with E-state index in [4.69, 9.17) is 9.47 Å². The summed E-state index contributed by atoms with van der Waals surface area (Å²) in [5, 5.41) is 6.31. The first-order chi connectivity index (χ1) is 10.2. The summed E-state index contributed by atoms with van der Waals surface area (Å²) >= 11 is 1.59. The number of benzene rings is 1. The van der Waals surface area contributed by atoms with E-state index in [9.17, 15) is 0 Å². The lowest BCUT2D eigenvalue weighted by atomic mass is 10.2. The average Bonchev–Trinajstić information content (AvgIpc) is 2.97. The van der Waals surface area contributed by atoms with Crippen LogP contribution >= 0.6 is 11.3 Å². The fourth-order valence-electron chi connectivity index (χ4n) is 1.84. The van der Waals surface area contributed by atoms with Gasteiger partial charge in [0.05, 0.1) is 6.61 Å². The van der Waals surface area contributed by atoms with E-state index in [1.807, 2.05) is 24.4 Å². The zero-order chi connectivity index (χ0) is 15.1. The second-order valence-corrected chi connectivity index (χ2v) is 5.94. The molecule has 0 aliphatic heterocycles. The molecule has 0 spiro atoms. The van der Waals surface area contributed by atoms with Crippen molar-refractivity contribution >= 4 is 11.3 Å². The Morgan fingerprint density at radius 2 is 2.10 bits per heavy atom. The molecule has 1 N–H and O–H groups in total. The van der Waals surface area contributed by atoms with Crippen molar-refractivity contribution in [2.45, 2.75) is 40.0 Å². The maximum atomic E-state index is 5.82. The van der Waals surface area contributed by atoms with Gasteiger partial charge in [-0.15, -0.1) is 11.3 Å². The summed E-state index contributed by atoms with van der Waals surface area (Å²) in [4.78, 5) is 4.22. The van der Waals surface area contributed by atoms with Gasteiger partial charge in [0.25, 0.3) is 0 Å². The summed E-state index contributed by atoms with van der Waals surface area (Å²) in [5.41, 5.74) is 1.19. The smallest absolute Gasteiger partial charge is 0.161 e. The van der Waals surface area contributed by atoms with Crippen molar-refractivity contribution in [1.29, 1.82) is 0 Å². The monoisotopic (exact) mass is 306 g/mol. The molecule has 0 bridgehead atoms. The standard InChI is InChI=1S/C16H22N2O2S/c1-4-19-15-9-13(10-18-12(2)3)5-6-14(15)20-11-16-17-7-8-21-16/h5-9,12,18H,4,10-11H2,1-3H3. The zero-order valence-electron chi connectivity index (χ0n) is 12.8. The molecule has 0 atom stereocenters. The fourth-order valence-corrected chi connectivity index (χ4v) is 2.36. The molecule has 0 saturated heterocycles. The minimum Gasteiger partial charge on any atom is -0.490 e. The third kappa shape index (κ3) is 5.02. The lowest BCUT2D eigenvalue weighted by Crippen LogP contribution is -2.21. The first-order valence-corrected chi connectivity index (χ1v) is 8.07. The fraction of sp³-hybridized carbons (Fsp3) is 0.438. The third-order valence-corrected chi connectivity index (χ3v) is 3.61. The topological polar surface area (TPSA) is 43.4 Å². The molecule has 0 aliphatic rings. The molecule has 1 aromatic heterocycles. The molecule has 0 saturated carbocycles. The van der Waals surface area contributed by atoms with Gasteiger partial charge in [-0.3, -0.25) is 0 Å². The molecule has 0 fully saturated rings. The van der Waals surface area contributed by atoms with Crippen LogP contribution in [-0.2, 0) is 13.2 Å². The Balaban J connectivity index is 2.04. The van der Waals surface area contributed by atoms with Crippen molar-refractivity contribution < 1.29 is 9.47 Å². The number of hydrogen-bond acceptors (Lipinski definition) is 5. The molecule has 21 heavy (non-hydrogen) atoms. The Bertz CT molecular complexity index is 541. The van der Waals surface area contributed by atoms with Crippen LogP contribution in [0.4, 0.5) is 0 Å². The minimum atomic E-state index is 0.460. The van der Waals surface area contributed by atoms with Crippen LogP contribution in [0.1, 0.15) is 31.3 Å². The van der Waals surface area contributed by atoms with Gasteiger partial charge in [0.15, 0.2) is 11.5 Å². The highest BCUT2D eigenvalue weighted by molar-refractivity contribution is 7.09. The molecule has 114 valence electrons. The second-order valence-electron chi connectivity index (χ2n) is 4.96. The molecule has 0 unspecified atom stereocenters. The van der Waals surface area contributed by atoms with E-state index in [-0.39, 0.29) is 0 Å².